The van der Waals surface area contributed by atoms with Crippen molar-refractivity contribution in [1.29, 1.82) is 0 Å². The fourth-order valence-electron chi connectivity index (χ4n) is 0. The van der Waals surface area contributed by atoms with Crippen molar-refractivity contribution in [1.82, 2.24) is 0 Å². The topological polar surface area (TPSA) is 17.1 Å². The maximum absolute atomic E-state index is 9.01. The fourth-order valence-corrected chi connectivity index (χ4v) is 0. The standard InChI is InChI=1S/CH2.Bi.O.V.H/h1H2;;;;. The first-order valence-electron chi connectivity index (χ1n) is 0.558. The molecule has 1 radical (unpaired) electrons. The summed E-state index contributed by atoms with van der Waals surface area (Å²) in [6.45, 7) is 0. The predicted octanol–water partition coefficient (Wildman–Crippen LogP) is -0.802. The molecule has 3 heteroatoms. The van der Waals surface area contributed by atoms with E-state index < -0.39 is 22.8 Å². The van der Waals surface area contributed by atoms with Crippen LogP contribution in [0.3, 0.4) is 0 Å². The average Bonchev–Trinajstić information content (AvgIpc) is 0.918. The van der Waals surface area contributed by atoms with Crippen molar-refractivity contribution >= 4 is 27.0 Å². The van der Waals surface area contributed by atoms with Crippen molar-refractivity contribution in [3.05, 3.63) is 0 Å². The first-order valence-corrected chi connectivity index (χ1v) is 4.89. The van der Waals surface area contributed by atoms with Crippen molar-refractivity contribution in [2.75, 3.05) is 0 Å². The van der Waals surface area contributed by atoms with Crippen LogP contribution < -0.4 is 0 Å². The molecule has 1 nitrogen and oxygen atoms in total. The van der Waals surface area contributed by atoms with Gasteiger partial charge in [0.1, 0.15) is 0 Å². The largest absolute Gasteiger partial charge is 0 e. The van der Waals surface area contributed by atoms with Crippen LogP contribution in [0.15, 0.2) is 0 Å². The number of hydrogen-bond donors (Lipinski definition) is 0. The molecule has 0 amide bonds. The van der Waals surface area contributed by atoms with Crippen molar-refractivity contribution in [2.45, 2.75) is 0 Å². The first-order chi connectivity index (χ1) is 1.41. The third-order valence-corrected chi connectivity index (χ3v) is 0. The van der Waals surface area contributed by atoms with Crippen molar-refractivity contribution in [3.8, 4) is 0 Å². The Morgan fingerprint density at radius 3 is 1.75 bits per heavy atom. The Bertz CT molecular complexity index is 29.0. The van der Waals surface area contributed by atoms with Gasteiger partial charge in [0.2, 0.25) is 0 Å². The van der Waals surface area contributed by atoms with Gasteiger partial charge in [0, 0.05) is 18.6 Å². The zero-order valence-corrected chi connectivity index (χ0v) is 7.35. The van der Waals surface area contributed by atoms with Gasteiger partial charge in [-0.25, -0.2) is 0 Å². The summed E-state index contributed by atoms with van der Waals surface area (Å²) < 4.78 is 12.1. The second-order valence-corrected chi connectivity index (χ2v) is 1.27. The van der Waals surface area contributed by atoms with E-state index in [-0.39, 0.29) is 18.6 Å². The van der Waals surface area contributed by atoms with Crippen LogP contribution in [0.25, 0.3) is 0 Å². The van der Waals surface area contributed by atoms with E-state index in [0.29, 0.717) is 0 Å². The average molecular weight is 291 g/mol. The van der Waals surface area contributed by atoms with E-state index >= 15 is 0 Å². The smallest absolute Gasteiger partial charge is 0 e. The van der Waals surface area contributed by atoms with Gasteiger partial charge in [0.15, 0.2) is 0 Å². The molecule has 0 rings (SSSR count). The Balaban J connectivity index is 0. The summed E-state index contributed by atoms with van der Waals surface area (Å²) >= 11 is -1.42. The molecule has 0 unspecified atom stereocenters. The third kappa shape index (κ3) is 11.1. The molecule has 0 aromatic rings. The first kappa shape index (κ1) is 8.93. The van der Waals surface area contributed by atoms with Gasteiger partial charge in [-0.05, 0) is 0 Å². The summed E-state index contributed by atoms with van der Waals surface area (Å²) in [6, 6.07) is 0. The van der Waals surface area contributed by atoms with Crippen LogP contribution in [-0.4, -0.2) is 27.0 Å². The van der Waals surface area contributed by atoms with Crippen molar-refractivity contribution < 1.29 is 21.4 Å². The van der Waals surface area contributed by atoms with Crippen LogP contribution in [0, 0.1) is 0 Å². The minimum atomic E-state index is -1.42. The monoisotopic (exact) mass is 291 g/mol. The van der Waals surface area contributed by atoms with Gasteiger partial charge in [-0.1, -0.05) is 0 Å². The molecular formula is CH3BiOV. The second kappa shape index (κ2) is 8.91. The molecule has 0 aromatic heterocycles. The van der Waals surface area contributed by atoms with Gasteiger partial charge in [-0.15, -0.1) is 0 Å². The molecule has 0 saturated heterocycles. The van der Waals surface area contributed by atoms with E-state index in [0.717, 1.165) is 0 Å². The Labute approximate surface area is 48.2 Å². The SMILES string of the molecule is [CH2]=[BiH]=[O].[V]. The maximum atomic E-state index is 9.01. The van der Waals surface area contributed by atoms with Gasteiger partial charge < -0.3 is 0 Å². The Morgan fingerprint density at radius 1 is 1.75 bits per heavy atom. The Morgan fingerprint density at radius 2 is 1.75 bits per heavy atom. The molecular weight excluding hydrogens is 288 g/mol. The molecule has 0 spiro atoms. The van der Waals surface area contributed by atoms with Crippen LogP contribution in [0.1, 0.15) is 0 Å². The quantitative estimate of drug-likeness (QED) is 0.534. The summed E-state index contributed by atoms with van der Waals surface area (Å²) in [5.74, 6) is 0. The molecule has 0 heterocycles. The minimum absolute atomic E-state index is 0. The van der Waals surface area contributed by atoms with Crippen LogP contribution in [-0.2, 0) is 21.4 Å². The van der Waals surface area contributed by atoms with Gasteiger partial charge in [-0.3, -0.25) is 0 Å². The van der Waals surface area contributed by atoms with Gasteiger partial charge in [0.05, 0.1) is 0 Å². The predicted molar refractivity (Wildman–Crippen MR) is 15.0 cm³/mol. The molecule has 4 heavy (non-hydrogen) atoms. The van der Waals surface area contributed by atoms with Gasteiger partial charge >= 0.3 is 29.8 Å². The molecule has 0 N–H and O–H groups in total. The maximum Gasteiger partial charge on any atom is 0 e. The molecule has 0 aliphatic rings. The number of rotatable bonds is 0. The van der Waals surface area contributed by atoms with E-state index in [1.807, 2.05) is 0 Å². The van der Waals surface area contributed by atoms with Crippen LogP contribution >= 0.6 is 0 Å². The summed E-state index contributed by atoms with van der Waals surface area (Å²) in [4.78, 5) is 0. The summed E-state index contributed by atoms with van der Waals surface area (Å²) in [5.41, 5.74) is 0. The molecule has 0 aromatic carbocycles. The Kier molecular flexibility index (Phi) is 19.9. The summed E-state index contributed by atoms with van der Waals surface area (Å²) in [6.07, 6.45) is 0. The summed E-state index contributed by atoms with van der Waals surface area (Å²) in [7, 11) is 0. The molecule has 0 fully saturated rings. The normalized spacial score (nSPS) is 3.00. The summed E-state index contributed by atoms with van der Waals surface area (Å²) in [5, 5.41) is 0. The van der Waals surface area contributed by atoms with Gasteiger partial charge in [-0.2, -0.15) is 0 Å². The molecule has 0 aliphatic heterocycles. The van der Waals surface area contributed by atoms with E-state index in [4.69, 9.17) is 2.81 Å². The molecule has 0 atom stereocenters. The molecule has 0 saturated carbocycles. The zero-order valence-electron chi connectivity index (χ0n) is 2.06. The molecule has 23 valence electrons. The molecule has 0 aliphatic carbocycles. The Hall–Kier alpha value is 1.14. The van der Waals surface area contributed by atoms with Crippen LogP contribution in [0.2, 0.25) is 0 Å². The molecule has 0 bridgehead atoms. The van der Waals surface area contributed by atoms with Crippen molar-refractivity contribution in [3.63, 3.8) is 0 Å². The van der Waals surface area contributed by atoms with Crippen LogP contribution in [0.4, 0.5) is 0 Å². The van der Waals surface area contributed by atoms with E-state index in [1.54, 1.807) is 0 Å². The van der Waals surface area contributed by atoms with E-state index in [1.165, 1.54) is 0 Å². The second-order valence-electron chi connectivity index (χ2n) is 0.144. The van der Waals surface area contributed by atoms with Crippen LogP contribution in [0.5, 0.6) is 0 Å². The van der Waals surface area contributed by atoms with Crippen molar-refractivity contribution in [2.24, 2.45) is 0 Å². The third-order valence-electron chi connectivity index (χ3n) is 0. The minimum Gasteiger partial charge on any atom is 0 e. The zero-order chi connectivity index (χ0) is 2.71. The van der Waals surface area contributed by atoms with E-state index in [9.17, 15) is 0 Å². The van der Waals surface area contributed by atoms with E-state index in [2.05, 4.69) is 4.21 Å². The number of hydrogen-bond acceptors (Lipinski definition) is 1. The van der Waals surface area contributed by atoms with Gasteiger partial charge in [0.25, 0.3) is 0 Å². The fraction of sp³-hybridized carbons (Fsp3) is 0.